The maximum absolute atomic E-state index is 15.0. The zero-order chi connectivity index (χ0) is 78.5. The third-order valence-corrected chi connectivity index (χ3v) is 19.8. The number of carbonyl (C=O) groups excluding carboxylic acids is 4. The molecule has 9 aromatic carbocycles. The molecular weight excluding hydrogens is 1450 g/mol. The van der Waals surface area contributed by atoms with Crippen molar-refractivity contribution in [1.82, 2.24) is 4.57 Å². The number of ether oxygens (including phenoxy) is 16. The van der Waals surface area contributed by atoms with Gasteiger partial charge in [0.15, 0.2) is 31.1 Å². The van der Waals surface area contributed by atoms with Crippen LogP contribution >= 0.6 is 0 Å². The molecule has 0 amide bonds. The molecule has 22 heteroatoms. The summed E-state index contributed by atoms with van der Waals surface area (Å²) < 4.78 is 116. The SMILES string of the molecule is CO[C@H]1O[C@H](COC(=O)c2ccccc2)[C@H](O[C@H]2O[C@H](COC(=O)CCCCCn3cc[n+](C)c3)[C@@H](O[C@H]3O[C@H](COCc4ccccc4)[C@@H](OCc4ccccc4)[C@H](OCc4ccccc4)[C@H]3OCc3ccccc3)[C@H](OCc3ccccc3)[C@H]2OCc2ccccc2)[C@H](OC(=O)c2ccccc2)[C@H]1OC(=O)c1ccccc1. The number of benzene rings is 9. The molecule has 3 fully saturated rings. The van der Waals surface area contributed by atoms with Crippen molar-refractivity contribution >= 4 is 23.9 Å². The first kappa shape index (κ1) is 81.6. The summed E-state index contributed by atoms with van der Waals surface area (Å²) >= 11 is 0. The average molecular weight is 1550 g/mol. The topological polar surface area (TPSA) is 225 Å². The number of nitrogens with zero attached hydrogens (tertiary/aromatic N) is 2. The molecule has 0 aliphatic carbocycles. The third-order valence-electron chi connectivity index (χ3n) is 19.8. The Hall–Kier alpha value is -10.4. The lowest BCUT2D eigenvalue weighted by Crippen LogP contribution is -2.68. The van der Waals surface area contributed by atoms with Gasteiger partial charge in [-0.1, -0.05) is 237 Å². The number of aromatic nitrogens is 2. The van der Waals surface area contributed by atoms with E-state index < -0.39 is 129 Å². The van der Waals surface area contributed by atoms with Crippen molar-refractivity contribution in [3.8, 4) is 0 Å². The molecule has 10 aromatic rings. The quantitative estimate of drug-likeness (QED) is 0.0151. The molecule has 114 heavy (non-hydrogen) atoms. The van der Waals surface area contributed by atoms with E-state index in [0.717, 1.165) is 46.3 Å². The van der Waals surface area contributed by atoms with Gasteiger partial charge < -0.3 is 75.8 Å². The van der Waals surface area contributed by atoms with Gasteiger partial charge >= 0.3 is 23.9 Å². The summed E-state index contributed by atoms with van der Waals surface area (Å²) in [5.41, 5.74) is 5.50. The predicted octanol–water partition coefficient (Wildman–Crippen LogP) is 13.5. The van der Waals surface area contributed by atoms with Gasteiger partial charge in [0.2, 0.25) is 6.33 Å². The first-order chi connectivity index (χ1) is 56.0. The smallest absolute Gasteiger partial charge is 0.338 e. The molecule has 0 spiro atoms. The Kier molecular flexibility index (Phi) is 30.5. The summed E-state index contributed by atoms with van der Waals surface area (Å²) in [4.78, 5) is 58.5. The van der Waals surface area contributed by atoms with E-state index in [4.69, 9.17) is 75.8 Å². The highest BCUT2D eigenvalue weighted by molar-refractivity contribution is 5.91. The van der Waals surface area contributed by atoms with Crippen LogP contribution in [0.1, 0.15) is 90.1 Å². The Balaban J connectivity index is 0.944. The van der Waals surface area contributed by atoms with Crippen LogP contribution in [0.2, 0.25) is 0 Å². The van der Waals surface area contributed by atoms with E-state index in [9.17, 15) is 19.2 Å². The first-order valence-corrected chi connectivity index (χ1v) is 38.7. The lowest BCUT2D eigenvalue weighted by atomic mass is 9.95. The number of methoxy groups -OCH3 is 1. The monoisotopic (exact) mass is 1550 g/mol. The van der Waals surface area contributed by atoms with Gasteiger partial charge in [-0.25, -0.2) is 23.5 Å². The number of hydrogen-bond acceptors (Lipinski definition) is 20. The second-order valence-electron chi connectivity index (χ2n) is 28.1. The molecule has 1 aromatic heterocycles. The molecule has 3 saturated heterocycles. The van der Waals surface area contributed by atoms with Crippen molar-refractivity contribution in [2.24, 2.45) is 7.05 Å². The molecule has 0 saturated carbocycles. The van der Waals surface area contributed by atoms with Crippen molar-refractivity contribution < 1.29 is 99.5 Å². The molecule has 15 atom stereocenters. The van der Waals surface area contributed by atoms with E-state index in [2.05, 4.69) is 4.57 Å². The van der Waals surface area contributed by atoms with Crippen molar-refractivity contribution in [3.05, 3.63) is 342 Å². The van der Waals surface area contributed by atoms with Crippen LogP contribution in [0.3, 0.4) is 0 Å². The lowest BCUT2D eigenvalue weighted by Gasteiger charge is -2.51. The normalized spacial score (nSPS) is 23.4. The Bertz CT molecular complexity index is 4490. The molecule has 3 aliphatic heterocycles. The highest BCUT2D eigenvalue weighted by Gasteiger charge is 2.59. The number of carbonyl (C=O) groups is 4. The lowest BCUT2D eigenvalue weighted by molar-refractivity contribution is -0.671. The van der Waals surface area contributed by atoms with Crippen LogP contribution in [-0.2, 0) is 134 Å². The fraction of sp³-hybridized carbons (Fsp3) is 0.337. The largest absolute Gasteiger partial charge is 0.463 e. The second-order valence-corrected chi connectivity index (χ2v) is 28.1. The summed E-state index contributed by atoms with van der Waals surface area (Å²) in [5, 5.41) is 0. The predicted molar refractivity (Wildman–Crippen MR) is 417 cm³/mol. The van der Waals surface area contributed by atoms with Crippen LogP contribution in [0, 0.1) is 0 Å². The number of hydrogen-bond donors (Lipinski definition) is 0. The summed E-state index contributed by atoms with van der Waals surface area (Å²) in [6.45, 7) is 0.0200. The third kappa shape index (κ3) is 23.4. The minimum atomic E-state index is -1.69. The van der Waals surface area contributed by atoms with E-state index in [-0.39, 0.29) is 69.4 Å². The Labute approximate surface area is 664 Å². The maximum atomic E-state index is 15.0. The van der Waals surface area contributed by atoms with Crippen LogP contribution in [-0.4, -0.2) is 147 Å². The molecule has 22 nitrogen and oxygen atoms in total. The Morgan fingerprint density at radius 2 is 0.702 bits per heavy atom. The van der Waals surface area contributed by atoms with Gasteiger partial charge in [-0.3, -0.25) is 4.79 Å². The highest BCUT2D eigenvalue weighted by Crippen LogP contribution is 2.40. The molecular formula is C92H97N2O20+. The van der Waals surface area contributed by atoms with E-state index in [1.807, 2.05) is 212 Å². The van der Waals surface area contributed by atoms with Gasteiger partial charge in [0, 0.05) is 13.5 Å². The summed E-state index contributed by atoms with van der Waals surface area (Å²) in [6, 6.07) is 82.9. The van der Waals surface area contributed by atoms with Gasteiger partial charge in [0.1, 0.15) is 86.6 Å². The minimum absolute atomic E-state index is 0.0312. The van der Waals surface area contributed by atoms with E-state index >= 15 is 0 Å². The number of esters is 4. The molecule has 13 rings (SSSR count). The first-order valence-electron chi connectivity index (χ1n) is 38.7. The van der Waals surface area contributed by atoms with Gasteiger partial charge in [0.05, 0.1) is 76.5 Å². The van der Waals surface area contributed by atoms with Crippen LogP contribution in [0.5, 0.6) is 0 Å². The molecule has 0 bridgehead atoms. The summed E-state index contributed by atoms with van der Waals surface area (Å²) in [5.74, 6) is -2.94. The van der Waals surface area contributed by atoms with E-state index in [1.165, 1.54) is 7.11 Å². The van der Waals surface area contributed by atoms with Crippen LogP contribution < -0.4 is 4.57 Å². The number of aryl methyl sites for hydroxylation is 2. The van der Waals surface area contributed by atoms with Crippen molar-refractivity contribution in [3.63, 3.8) is 0 Å². The molecule has 0 N–H and O–H groups in total. The second kappa shape index (κ2) is 42.6. The van der Waals surface area contributed by atoms with Gasteiger partial charge in [-0.15, -0.1) is 0 Å². The zero-order valence-electron chi connectivity index (χ0n) is 63.8. The molecule has 4 heterocycles. The average Bonchev–Trinajstić information content (AvgIpc) is 1.21. The fourth-order valence-electron chi connectivity index (χ4n) is 13.9. The van der Waals surface area contributed by atoms with Crippen LogP contribution in [0.4, 0.5) is 0 Å². The Morgan fingerprint density at radius 3 is 1.12 bits per heavy atom. The van der Waals surface area contributed by atoms with Crippen LogP contribution in [0.15, 0.2) is 292 Å². The molecule has 0 unspecified atom stereocenters. The van der Waals surface area contributed by atoms with Crippen LogP contribution in [0.25, 0.3) is 0 Å². The van der Waals surface area contributed by atoms with Gasteiger partial charge in [-0.05, 0) is 89.0 Å². The van der Waals surface area contributed by atoms with Crippen molar-refractivity contribution in [1.29, 1.82) is 0 Å². The van der Waals surface area contributed by atoms with Gasteiger partial charge in [0.25, 0.3) is 0 Å². The molecule has 3 aliphatic rings. The number of imidazole rings is 1. The maximum Gasteiger partial charge on any atom is 0.338 e. The van der Waals surface area contributed by atoms with E-state index in [0.29, 0.717) is 12.8 Å². The minimum Gasteiger partial charge on any atom is -0.463 e. The van der Waals surface area contributed by atoms with E-state index in [1.54, 1.807) is 91.0 Å². The molecule has 0 radical (unpaired) electrons. The number of rotatable bonds is 39. The standard InChI is InChI=1S/C92H97N2O20/c1-93-53-54-94(64-93)52-32-12-31-51-77(95)101-62-75-79(113-91-84(105-59-69-41-21-7-22-42-69)81(103-57-67-37-17-5-18-38-67)78(102-56-66-35-15-4-16-36-66)74(109-91)61-100-55-65-33-13-3-14-34-65)82(104-58-68-39-19-6-20-40-68)85(106-60-70-43-23-8-24-44-70)92(110-75)114-80-76(63-107-87(96)71-45-25-9-26-46-71)108-90(99-2)86(112-89(98)73-49-29-11-30-50-73)83(80)111-88(97)72-47-27-10-28-48-72/h3-11,13-30,33-50,53-54,64,74-76,78-86,90-92H,12,31-32,51-52,55-63H2,1-2H3/q+1/t74-,75-,76-,78-,79-,80+,81+,82+,83+,84-,85-,86-,90+,91-,92-/m1/s1. The van der Waals surface area contributed by atoms with Crippen molar-refractivity contribution in [2.45, 2.75) is 164 Å². The van der Waals surface area contributed by atoms with Gasteiger partial charge in [-0.2, -0.15) is 0 Å². The Morgan fingerprint density at radius 1 is 0.351 bits per heavy atom. The van der Waals surface area contributed by atoms with Crippen molar-refractivity contribution in [2.75, 3.05) is 26.9 Å². The summed E-state index contributed by atoms with van der Waals surface area (Å²) in [7, 11) is 3.30. The zero-order valence-corrected chi connectivity index (χ0v) is 63.8. The number of unbranched alkanes of at least 4 members (excludes halogenated alkanes) is 2. The fourth-order valence-corrected chi connectivity index (χ4v) is 13.9. The molecule has 594 valence electrons. The highest BCUT2D eigenvalue weighted by atomic mass is 16.8. The summed E-state index contributed by atoms with van der Waals surface area (Å²) in [6.07, 6.45) is -12.4.